The Balaban J connectivity index is 1.84. The predicted molar refractivity (Wildman–Crippen MR) is 149 cm³/mol. The van der Waals surface area contributed by atoms with E-state index in [0.717, 1.165) is 27.6 Å². The van der Waals surface area contributed by atoms with E-state index in [2.05, 4.69) is 21.2 Å². The first-order valence-corrected chi connectivity index (χ1v) is 14.0. The summed E-state index contributed by atoms with van der Waals surface area (Å²) in [6, 6.07) is 23.1. The molecule has 0 spiro atoms. The van der Waals surface area contributed by atoms with Crippen LogP contribution in [0.25, 0.3) is 0 Å². The van der Waals surface area contributed by atoms with Crippen molar-refractivity contribution >= 4 is 39.5 Å². The molecular formula is C29H32BrFN2O2S. The molecule has 4 nitrogen and oxygen atoms in total. The normalized spacial score (nSPS) is 12.6. The molecule has 0 aliphatic rings. The molecule has 2 amide bonds. The summed E-state index contributed by atoms with van der Waals surface area (Å²) >= 11 is 4.96. The highest BCUT2D eigenvalue weighted by atomic mass is 79.9. The van der Waals surface area contributed by atoms with Crippen LogP contribution < -0.4 is 5.32 Å². The van der Waals surface area contributed by atoms with Gasteiger partial charge >= 0.3 is 0 Å². The van der Waals surface area contributed by atoms with Gasteiger partial charge in [-0.15, -0.1) is 11.8 Å². The number of benzene rings is 3. The predicted octanol–water partition coefficient (Wildman–Crippen LogP) is 6.38. The maximum Gasteiger partial charge on any atom is 0.243 e. The number of rotatable bonds is 12. The Morgan fingerprint density at radius 3 is 2.22 bits per heavy atom. The minimum absolute atomic E-state index is 0.00896. The van der Waals surface area contributed by atoms with Crippen molar-refractivity contribution in [1.29, 1.82) is 0 Å². The van der Waals surface area contributed by atoms with E-state index in [-0.39, 0.29) is 36.0 Å². The molecule has 2 atom stereocenters. The smallest absolute Gasteiger partial charge is 0.243 e. The second kappa shape index (κ2) is 14.2. The van der Waals surface area contributed by atoms with Crippen LogP contribution in [-0.2, 0) is 28.3 Å². The Bertz CT molecular complexity index is 1110. The third-order valence-electron chi connectivity index (χ3n) is 5.95. The Labute approximate surface area is 225 Å². The van der Waals surface area contributed by atoms with Gasteiger partial charge in [0.2, 0.25) is 11.8 Å². The van der Waals surface area contributed by atoms with Gasteiger partial charge in [-0.05, 0) is 54.3 Å². The van der Waals surface area contributed by atoms with Crippen molar-refractivity contribution in [3.63, 3.8) is 0 Å². The van der Waals surface area contributed by atoms with E-state index in [0.29, 0.717) is 12.2 Å². The zero-order valence-electron chi connectivity index (χ0n) is 20.6. The first kappa shape index (κ1) is 27.9. The van der Waals surface area contributed by atoms with Gasteiger partial charge in [-0.1, -0.05) is 77.5 Å². The number of amides is 2. The van der Waals surface area contributed by atoms with Gasteiger partial charge in [0.15, 0.2) is 0 Å². The largest absolute Gasteiger partial charge is 0.352 e. The molecule has 0 aliphatic carbocycles. The minimum Gasteiger partial charge on any atom is -0.352 e. The average molecular weight is 572 g/mol. The van der Waals surface area contributed by atoms with Crippen LogP contribution in [0.5, 0.6) is 0 Å². The van der Waals surface area contributed by atoms with Crippen LogP contribution in [-0.4, -0.2) is 34.6 Å². The molecular weight excluding hydrogens is 539 g/mol. The van der Waals surface area contributed by atoms with Crippen molar-refractivity contribution in [2.24, 2.45) is 0 Å². The molecule has 0 fully saturated rings. The monoisotopic (exact) mass is 570 g/mol. The highest BCUT2D eigenvalue weighted by Crippen LogP contribution is 2.20. The molecule has 7 heteroatoms. The van der Waals surface area contributed by atoms with Crippen molar-refractivity contribution in [3.05, 3.63) is 106 Å². The standard InChI is InChI=1S/C29H32BrFN2O2S/c1-3-21(2)32-29(35)27(17-22-7-5-4-6-8-22)33(18-23-11-15-26(31)16-12-23)28(34)20-36-19-24-9-13-25(30)14-10-24/h4-16,21,27H,3,17-20H2,1-2H3,(H,32,35)/t21-,27+/m1/s1. The summed E-state index contributed by atoms with van der Waals surface area (Å²) in [6.07, 6.45) is 1.19. The van der Waals surface area contributed by atoms with Gasteiger partial charge < -0.3 is 10.2 Å². The number of hydrogen-bond donors (Lipinski definition) is 1. The molecule has 3 aromatic rings. The Kier molecular flexibility index (Phi) is 11.0. The lowest BCUT2D eigenvalue weighted by atomic mass is 10.0. The van der Waals surface area contributed by atoms with E-state index < -0.39 is 6.04 Å². The lowest BCUT2D eigenvalue weighted by Crippen LogP contribution is -2.52. The molecule has 0 aromatic heterocycles. The first-order chi connectivity index (χ1) is 17.4. The van der Waals surface area contributed by atoms with E-state index in [4.69, 9.17) is 0 Å². The summed E-state index contributed by atoms with van der Waals surface area (Å²) in [5.74, 6) is 0.283. The van der Waals surface area contributed by atoms with Gasteiger partial charge in [-0.3, -0.25) is 9.59 Å². The quantitative estimate of drug-likeness (QED) is 0.275. The highest BCUT2D eigenvalue weighted by molar-refractivity contribution is 9.10. The van der Waals surface area contributed by atoms with Gasteiger partial charge in [0.25, 0.3) is 0 Å². The molecule has 3 rings (SSSR count). The molecule has 0 radical (unpaired) electrons. The van der Waals surface area contributed by atoms with Crippen LogP contribution in [0.3, 0.4) is 0 Å². The molecule has 0 aliphatic heterocycles. The third-order valence-corrected chi connectivity index (χ3v) is 7.46. The molecule has 0 heterocycles. The second-order valence-corrected chi connectivity index (χ2v) is 10.7. The van der Waals surface area contributed by atoms with Crippen molar-refractivity contribution in [1.82, 2.24) is 10.2 Å². The van der Waals surface area contributed by atoms with E-state index in [9.17, 15) is 14.0 Å². The van der Waals surface area contributed by atoms with Crippen molar-refractivity contribution in [2.45, 2.75) is 51.1 Å². The lowest BCUT2D eigenvalue weighted by Gasteiger charge is -2.32. The molecule has 3 aromatic carbocycles. The summed E-state index contributed by atoms with van der Waals surface area (Å²) < 4.78 is 14.5. The topological polar surface area (TPSA) is 49.4 Å². The SMILES string of the molecule is CC[C@@H](C)NC(=O)[C@H](Cc1ccccc1)N(Cc1ccc(F)cc1)C(=O)CSCc1ccc(Br)cc1. The van der Waals surface area contributed by atoms with Crippen LogP contribution in [0.15, 0.2) is 83.3 Å². The number of nitrogens with zero attached hydrogens (tertiary/aromatic N) is 1. The first-order valence-electron chi connectivity index (χ1n) is 12.1. The lowest BCUT2D eigenvalue weighted by molar-refractivity contribution is -0.139. The van der Waals surface area contributed by atoms with E-state index in [1.807, 2.05) is 68.4 Å². The van der Waals surface area contributed by atoms with Crippen LogP contribution in [0.1, 0.15) is 37.0 Å². The maximum atomic E-state index is 13.6. The number of hydrogen-bond acceptors (Lipinski definition) is 3. The molecule has 0 saturated carbocycles. The van der Waals surface area contributed by atoms with E-state index in [1.165, 1.54) is 23.9 Å². The fourth-order valence-corrected chi connectivity index (χ4v) is 4.84. The van der Waals surface area contributed by atoms with Crippen molar-refractivity contribution in [2.75, 3.05) is 5.75 Å². The summed E-state index contributed by atoms with van der Waals surface area (Å²) in [4.78, 5) is 28.7. The fourth-order valence-electron chi connectivity index (χ4n) is 3.70. The number of carbonyl (C=O) groups is 2. The molecule has 190 valence electrons. The van der Waals surface area contributed by atoms with Gasteiger partial charge in [-0.2, -0.15) is 0 Å². The zero-order chi connectivity index (χ0) is 25.9. The number of nitrogens with one attached hydrogen (secondary N) is 1. The Morgan fingerprint density at radius 1 is 0.944 bits per heavy atom. The number of carbonyl (C=O) groups excluding carboxylic acids is 2. The molecule has 0 saturated heterocycles. The summed E-state index contributed by atoms with van der Waals surface area (Å²) in [7, 11) is 0. The number of thioether (sulfide) groups is 1. The molecule has 1 N–H and O–H groups in total. The summed E-state index contributed by atoms with van der Waals surface area (Å²) in [6.45, 7) is 4.19. The summed E-state index contributed by atoms with van der Waals surface area (Å²) in [5, 5.41) is 3.06. The Hall–Kier alpha value is -2.64. The molecule has 0 unspecified atom stereocenters. The van der Waals surface area contributed by atoms with Crippen LogP contribution in [0.2, 0.25) is 0 Å². The maximum absolute atomic E-state index is 13.6. The fraction of sp³-hybridized carbons (Fsp3) is 0.310. The third kappa shape index (κ3) is 8.79. The summed E-state index contributed by atoms with van der Waals surface area (Å²) in [5.41, 5.74) is 2.87. The molecule has 0 bridgehead atoms. The van der Waals surface area contributed by atoms with Gasteiger partial charge in [0.1, 0.15) is 11.9 Å². The minimum atomic E-state index is -0.688. The average Bonchev–Trinajstić information content (AvgIpc) is 2.88. The van der Waals surface area contributed by atoms with Crippen LogP contribution in [0, 0.1) is 5.82 Å². The Morgan fingerprint density at radius 2 is 1.58 bits per heavy atom. The van der Waals surface area contributed by atoms with E-state index >= 15 is 0 Å². The van der Waals surface area contributed by atoms with Gasteiger partial charge in [0.05, 0.1) is 5.75 Å². The second-order valence-electron chi connectivity index (χ2n) is 8.79. The van der Waals surface area contributed by atoms with Crippen LogP contribution >= 0.6 is 27.7 Å². The molecule has 36 heavy (non-hydrogen) atoms. The van der Waals surface area contributed by atoms with Gasteiger partial charge in [0, 0.05) is 29.2 Å². The van der Waals surface area contributed by atoms with Crippen LogP contribution in [0.4, 0.5) is 4.39 Å². The highest BCUT2D eigenvalue weighted by Gasteiger charge is 2.30. The van der Waals surface area contributed by atoms with Gasteiger partial charge in [-0.25, -0.2) is 4.39 Å². The zero-order valence-corrected chi connectivity index (χ0v) is 23.0. The van der Waals surface area contributed by atoms with E-state index in [1.54, 1.807) is 17.0 Å². The van der Waals surface area contributed by atoms with Crippen molar-refractivity contribution in [3.8, 4) is 0 Å². The van der Waals surface area contributed by atoms with Crippen molar-refractivity contribution < 1.29 is 14.0 Å². The number of halogens is 2.